The van der Waals surface area contributed by atoms with Gasteiger partial charge in [0.1, 0.15) is 5.82 Å². The van der Waals surface area contributed by atoms with Crippen molar-refractivity contribution >= 4 is 17.2 Å². The first kappa shape index (κ1) is 21.0. The number of halogens is 3. The van der Waals surface area contributed by atoms with Crippen molar-refractivity contribution < 1.29 is 13.2 Å². The maximum atomic E-state index is 13.0. The number of aromatic nitrogens is 2. The molecule has 4 rings (SSSR count). The molecule has 1 aliphatic rings. The average molecular weight is 427 g/mol. The molecule has 0 aliphatic carbocycles. The number of hydrogen-bond acceptors (Lipinski definition) is 5. The van der Waals surface area contributed by atoms with Gasteiger partial charge in [0.15, 0.2) is 0 Å². The van der Waals surface area contributed by atoms with Crippen LogP contribution < -0.4 is 14.7 Å². The second-order valence-electron chi connectivity index (χ2n) is 7.73. The molecule has 5 nitrogen and oxygen atoms in total. The molecule has 0 atom stereocenters. The van der Waals surface area contributed by atoms with E-state index in [0.29, 0.717) is 31.9 Å². The molecule has 31 heavy (non-hydrogen) atoms. The van der Waals surface area contributed by atoms with Crippen LogP contribution in [0.4, 0.5) is 30.4 Å². The van der Waals surface area contributed by atoms with Crippen molar-refractivity contribution in [3.63, 3.8) is 0 Å². The molecule has 0 spiro atoms. The molecule has 0 N–H and O–H groups in total. The third-order valence-electron chi connectivity index (χ3n) is 5.44. The Kier molecular flexibility index (Phi) is 5.71. The molecule has 2 heterocycles. The predicted molar refractivity (Wildman–Crippen MR) is 118 cm³/mol. The van der Waals surface area contributed by atoms with E-state index in [9.17, 15) is 13.2 Å². The standard InChI is InChI=1S/C23H24F3N5/c1-29(2)19-8-6-17(7-9-19)21-15-27-16-22(28-21)31-12-10-30(11-13-31)20-5-3-4-18(14-20)23(24,25)26/h3-9,14-16H,10-13H2,1-2H3. The number of rotatable bonds is 4. The van der Waals surface area contributed by atoms with Crippen molar-refractivity contribution in [2.24, 2.45) is 0 Å². The smallest absolute Gasteiger partial charge is 0.378 e. The van der Waals surface area contributed by atoms with Gasteiger partial charge in [-0.25, -0.2) is 4.98 Å². The van der Waals surface area contributed by atoms with E-state index < -0.39 is 11.7 Å². The molecule has 3 aromatic rings. The minimum Gasteiger partial charge on any atom is -0.378 e. The minimum absolute atomic E-state index is 0.593. The Labute approximate surface area is 179 Å². The first-order valence-electron chi connectivity index (χ1n) is 10.1. The largest absolute Gasteiger partial charge is 0.416 e. The fourth-order valence-electron chi connectivity index (χ4n) is 3.65. The van der Waals surface area contributed by atoms with Crippen LogP contribution in [0.1, 0.15) is 5.56 Å². The van der Waals surface area contributed by atoms with E-state index in [1.54, 1.807) is 18.5 Å². The van der Waals surface area contributed by atoms with Gasteiger partial charge in [0.2, 0.25) is 0 Å². The fourth-order valence-corrected chi connectivity index (χ4v) is 3.65. The summed E-state index contributed by atoms with van der Waals surface area (Å²) in [5.74, 6) is 0.776. The van der Waals surface area contributed by atoms with Crippen molar-refractivity contribution in [1.29, 1.82) is 0 Å². The van der Waals surface area contributed by atoms with Crippen LogP contribution in [0.15, 0.2) is 60.9 Å². The summed E-state index contributed by atoms with van der Waals surface area (Å²) in [4.78, 5) is 15.3. The van der Waals surface area contributed by atoms with Crippen LogP contribution >= 0.6 is 0 Å². The van der Waals surface area contributed by atoms with Crippen molar-refractivity contribution in [3.05, 3.63) is 66.5 Å². The number of nitrogens with zero attached hydrogens (tertiary/aromatic N) is 5. The van der Waals surface area contributed by atoms with Gasteiger partial charge in [0, 0.05) is 57.2 Å². The second kappa shape index (κ2) is 8.45. The van der Waals surface area contributed by atoms with Crippen molar-refractivity contribution in [2.75, 3.05) is 55.0 Å². The summed E-state index contributed by atoms with van der Waals surface area (Å²) < 4.78 is 39.0. The van der Waals surface area contributed by atoms with Gasteiger partial charge in [0.25, 0.3) is 0 Å². The molecular weight excluding hydrogens is 403 g/mol. The highest BCUT2D eigenvalue weighted by Crippen LogP contribution is 2.32. The molecule has 0 amide bonds. The Morgan fingerprint density at radius 2 is 1.55 bits per heavy atom. The fraction of sp³-hybridized carbons (Fsp3) is 0.304. The lowest BCUT2D eigenvalue weighted by atomic mass is 10.1. The van der Waals surface area contributed by atoms with Gasteiger partial charge in [-0.1, -0.05) is 18.2 Å². The monoisotopic (exact) mass is 427 g/mol. The highest BCUT2D eigenvalue weighted by Gasteiger charge is 2.31. The van der Waals surface area contributed by atoms with Gasteiger partial charge in [0.05, 0.1) is 23.7 Å². The summed E-state index contributed by atoms with van der Waals surface area (Å²) in [6.45, 7) is 2.55. The highest BCUT2D eigenvalue weighted by molar-refractivity contribution is 5.64. The number of alkyl halides is 3. The lowest BCUT2D eigenvalue weighted by molar-refractivity contribution is -0.137. The number of benzene rings is 2. The average Bonchev–Trinajstić information content (AvgIpc) is 2.79. The van der Waals surface area contributed by atoms with Crippen LogP contribution in [0.3, 0.4) is 0 Å². The van der Waals surface area contributed by atoms with Crippen LogP contribution in [0.25, 0.3) is 11.3 Å². The molecule has 1 aliphatic heterocycles. The van der Waals surface area contributed by atoms with Crippen molar-refractivity contribution in [2.45, 2.75) is 6.18 Å². The van der Waals surface area contributed by atoms with Gasteiger partial charge < -0.3 is 14.7 Å². The first-order chi connectivity index (χ1) is 14.8. The van der Waals surface area contributed by atoms with Crippen LogP contribution in [0.5, 0.6) is 0 Å². The number of piperazine rings is 1. The maximum absolute atomic E-state index is 13.0. The first-order valence-corrected chi connectivity index (χ1v) is 10.1. The molecule has 0 saturated carbocycles. The van der Waals surface area contributed by atoms with Crippen LogP contribution in [0, 0.1) is 0 Å². The molecule has 1 fully saturated rings. The zero-order chi connectivity index (χ0) is 22.0. The van der Waals surface area contributed by atoms with Crippen LogP contribution in [-0.4, -0.2) is 50.2 Å². The number of anilines is 3. The highest BCUT2D eigenvalue weighted by atomic mass is 19.4. The molecule has 1 aromatic heterocycles. The predicted octanol–water partition coefficient (Wildman–Crippen LogP) is 4.56. The Balaban J connectivity index is 1.45. The molecule has 0 unspecified atom stereocenters. The quantitative estimate of drug-likeness (QED) is 0.610. The van der Waals surface area contributed by atoms with Crippen molar-refractivity contribution in [3.8, 4) is 11.3 Å². The van der Waals surface area contributed by atoms with E-state index >= 15 is 0 Å². The van der Waals surface area contributed by atoms with Gasteiger partial charge in [-0.3, -0.25) is 4.98 Å². The van der Waals surface area contributed by atoms with E-state index in [1.807, 2.05) is 48.2 Å². The van der Waals surface area contributed by atoms with Gasteiger partial charge in [-0.05, 0) is 30.3 Å². The normalized spacial score (nSPS) is 14.6. The van der Waals surface area contributed by atoms with E-state index in [0.717, 1.165) is 28.8 Å². The van der Waals surface area contributed by atoms with E-state index in [4.69, 9.17) is 4.98 Å². The Morgan fingerprint density at radius 3 is 2.19 bits per heavy atom. The molecule has 0 bridgehead atoms. The Morgan fingerprint density at radius 1 is 0.871 bits per heavy atom. The molecule has 2 aromatic carbocycles. The zero-order valence-corrected chi connectivity index (χ0v) is 17.5. The Hall–Kier alpha value is -3.29. The lowest BCUT2D eigenvalue weighted by Crippen LogP contribution is -2.47. The molecule has 162 valence electrons. The van der Waals surface area contributed by atoms with E-state index in [-0.39, 0.29) is 0 Å². The summed E-state index contributed by atoms with van der Waals surface area (Å²) in [7, 11) is 3.99. The minimum atomic E-state index is -4.33. The van der Waals surface area contributed by atoms with Crippen LogP contribution in [-0.2, 0) is 6.18 Å². The van der Waals surface area contributed by atoms with Gasteiger partial charge >= 0.3 is 6.18 Å². The molecule has 8 heteroatoms. The lowest BCUT2D eigenvalue weighted by Gasteiger charge is -2.36. The zero-order valence-electron chi connectivity index (χ0n) is 17.5. The SMILES string of the molecule is CN(C)c1ccc(-c2cncc(N3CCN(c4cccc(C(F)(F)F)c4)CC3)n2)cc1. The second-order valence-corrected chi connectivity index (χ2v) is 7.73. The third-order valence-corrected chi connectivity index (χ3v) is 5.44. The summed E-state index contributed by atoms with van der Waals surface area (Å²) in [5.41, 5.74) is 2.87. The summed E-state index contributed by atoms with van der Waals surface area (Å²) in [6, 6.07) is 13.6. The van der Waals surface area contributed by atoms with E-state index in [2.05, 4.69) is 9.88 Å². The summed E-state index contributed by atoms with van der Waals surface area (Å²) in [6.07, 6.45) is -0.858. The van der Waals surface area contributed by atoms with Gasteiger partial charge in [-0.15, -0.1) is 0 Å². The van der Waals surface area contributed by atoms with Gasteiger partial charge in [-0.2, -0.15) is 13.2 Å². The number of hydrogen-bond donors (Lipinski definition) is 0. The molecule has 1 saturated heterocycles. The van der Waals surface area contributed by atoms with Crippen molar-refractivity contribution in [1.82, 2.24) is 9.97 Å². The molecular formula is C23H24F3N5. The third kappa shape index (κ3) is 4.73. The van der Waals surface area contributed by atoms with Crippen LogP contribution in [0.2, 0.25) is 0 Å². The topological polar surface area (TPSA) is 35.5 Å². The molecule has 0 radical (unpaired) electrons. The van der Waals surface area contributed by atoms with E-state index in [1.165, 1.54) is 12.1 Å². The summed E-state index contributed by atoms with van der Waals surface area (Å²) >= 11 is 0. The maximum Gasteiger partial charge on any atom is 0.416 e. The Bertz CT molecular complexity index is 1030. The summed E-state index contributed by atoms with van der Waals surface area (Å²) in [5, 5.41) is 0.